The summed E-state index contributed by atoms with van der Waals surface area (Å²) in [7, 11) is 0. The van der Waals surface area contributed by atoms with Gasteiger partial charge in [-0.3, -0.25) is 4.79 Å². The summed E-state index contributed by atoms with van der Waals surface area (Å²) in [6, 6.07) is 0. The Morgan fingerprint density at radius 3 is 2.33 bits per heavy atom. The van der Waals surface area contributed by atoms with Crippen LogP contribution in [0.3, 0.4) is 0 Å². The molecule has 0 atom stereocenters. The first-order valence-electron chi connectivity index (χ1n) is 7.27. The van der Waals surface area contributed by atoms with Crippen molar-refractivity contribution >= 4 is 5.91 Å². The number of nitrogens with one attached hydrogen (secondary N) is 1. The molecule has 0 unspecified atom stereocenters. The summed E-state index contributed by atoms with van der Waals surface area (Å²) < 4.78 is 0. The predicted octanol–water partition coefficient (Wildman–Crippen LogP) is 2.69. The molecule has 0 saturated heterocycles. The monoisotopic (exact) mass is 254 g/mol. The predicted molar refractivity (Wildman–Crippen MR) is 76.2 cm³/mol. The summed E-state index contributed by atoms with van der Waals surface area (Å²) >= 11 is 0. The zero-order valence-corrected chi connectivity index (χ0v) is 12.5. The lowest BCUT2D eigenvalue weighted by Crippen LogP contribution is -2.48. The first kappa shape index (κ1) is 15.5. The van der Waals surface area contributed by atoms with Gasteiger partial charge in [-0.05, 0) is 43.4 Å². The van der Waals surface area contributed by atoms with E-state index in [1.807, 2.05) is 0 Å². The highest BCUT2D eigenvalue weighted by molar-refractivity contribution is 5.83. The number of carbonyl (C=O) groups excluding carboxylic acids is 1. The molecular weight excluding hydrogens is 224 g/mol. The van der Waals surface area contributed by atoms with Crippen molar-refractivity contribution in [2.75, 3.05) is 13.1 Å². The van der Waals surface area contributed by atoms with E-state index < -0.39 is 0 Å². The van der Waals surface area contributed by atoms with E-state index in [1.165, 1.54) is 0 Å². The maximum atomic E-state index is 12.4. The third kappa shape index (κ3) is 4.27. The van der Waals surface area contributed by atoms with Crippen molar-refractivity contribution in [2.45, 2.75) is 59.8 Å². The van der Waals surface area contributed by atoms with Crippen molar-refractivity contribution < 1.29 is 4.79 Å². The van der Waals surface area contributed by atoms with Crippen LogP contribution in [0.5, 0.6) is 0 Å². The first-order chi connectivity index (χ1) is 8.29. The molecule has 0 radical (unpaired) electrons. The van der Waals surface area contributed by atoms with E-state index in [4.69, 9.17) is 5.73 Å². The normalized spacial score (nSPS) is 29.1. The van der Waals surface area contributed by atoms with Crippen LogP contribution in [-0.4, -0.2) is 19.0 Å². The van der Waals surface area contributed by atoms with E-state index in [0.717, 1.165) is 44.6 Å². The van der Waals surface area contributed by atoms with E-state index in [9.17, 15) is 4.79 Å². The fourth-order valence-corrected chi connectivity index (χ4v) is 2.58. The van der Waals surface area contributed by atoms with Crippen LogP contribution in [0.4, 0.5) is 0 Å². The smallest absolute Gasteiger partial charge is 0.227 e. The maximum Gasteiger partial charge on any atom is 0.227 e. The second kappa shape index (κ2) is 6.05. The Morgan fingerprint density at radius 2 is 1.89 bits per heavy atom. The molecule has 3 heteroatoms. The van der Waals surface area contributed by atoms with Gasteiger partial charge in [0.25, 0.3) is 0 Å². The van der Waals surface area contributed by atoms with Gasteiger partial charge in [-0.2, -0.15) is 0 Å². The molecular formula is C15H30N2O. The second-order valence-corrected chi connectivity index (χ2v) is 7.23. The lowest BCUT2D eigenvalue weighted by Gasteiger charge is -2.37. The van der Waals surface area contributed by atoms with E-state index in [0.29, 0.717) is 6.54 Å². The molecule has 3 nitrogen and oxygen atoms in total. The van der Waals surface area contributed by atoms with Crippen LogP contribution >= 0.6 is 0 Å². The van der Waals surface area contributed by atoms with Crippen LogP contribution in [-0.2, 0) is 4.79 Å². The quantitative estimate of drug-likeness (QED) is 0.810. The summed E-state index contributed by atoms with van der Waals surface area (Å²) in [6.45, 7) is 10.1. The fourth-order valence-electron chi connectivity index (χ4n) is 2.58. The molecule has 0 heterocycles. The topological polar surface area (TPSA) is 55.1 Å². The molecule has 1 rings (SSSR count). The number of nitrogens with two attached hydrogens (primary N) is 1. The van der Waals surface area contributed by atoms with Crippen molar-refractivity contribution in [2.24, 2.45) is 22.5 Å². The summed E-state index contributed by atoms with van der Waals surface area (Å²) in [5.74, 6) is 0.924. The Bertz CT molecular complexity index is 273. The molecule has 1 amide bonds. The number of rotatable bonds is 4. The average Bonchev–Trinajstić information content (AvgIpc) is 2.28. The molecule has 0 bridgehead atoms. The standard InChI is InChI=1S/C15H30N2O/c1-12-5-7-15(11-16,8-6-12)13(18)17-10-9-14(2,3)4/h12H,5-11,16H2,1-4H3,(H,17,18). The van der Waals surface area contributed by atoms with Gasteiger partial charge in [-0.25, -0.2) is 0 Å². The molecule has 0 spiro atoms. The van der Waals surface area contributed by atoms with Crippen molar-refractivity contribution in [3.8, 4) is 0 Å². The Kier molecular flexibility index (Phi) is 5.20. The van der Waals surface area contributed by atoms with Gasteiger partial charge >= 0.3 is 0 Å². The Balaban J connectivity index is 2.47. The minimum absolute atomic E-state index is 0.182. The van der Waals surface area contributed by atoms with E-state index >= 15 is 0 Å². The fraction of sp³-hybridized carbons (Fsp3) is 0.933. The van der Waals surface area contributed by atoms with Gasteiger partial charge in [0.05, 0.1) is 5.41 Å². The van der Waals surface area contributed by atoms with E-state index in [1.54, 1.807) is 0 Å². The summed E-state index contributed by atoms with van der Waals surface area (Å²) in [6.07, 6.45) is 5.17. The van der Waals surface area contributed by atoms with Crippen LogP contribution in [0.2, 0.25) is 0 Å². The van der Waals surface area contributed by atoms with Crippen molar-refractivity contribution in [3.05, 3.63) is 0 Å². The highest BCUT2D eigenvalue weighted by Gasteiger charge is 2.39. The molecule has 0 aromatic heterocycles. The van der Waals surface area contributed by atoms with Crippen LogP contribution < -0.4 is 11.1 Å². The average molecular weight is 254 g/mol. The first-order valence-corrected chi connectivity index (χ1v) is 7.27. The number of carbonyl (C=O) groups is 1. The molecule has 1 aliphatic carbocycles. The SMILES string of the molecule is CC1CCC(CN)(C(=O)NCCC(C)(C)C)CC1. The maximum absolute atomic E-state index is 12.4. The van der Waals surface area contributed by atoms with E-state index in [-0.39, 0.29) is 16.7 Å². The molecule has 1 fully saturated rings. The molecule has 0 aromatic carbocycles. The molecule has 0 aromatic rings. The van der Waals surface area contributed by atoms with Crippen LogP contribution in [0.1, 0.15) is 59.8 Å². The third-order valence-corrected chi connectivity index (χ3v) is 4.26. The third-order valence-electron chi connectivity index (χ3n) is 4.26. The van der Waals surface area contributed by atoms with Gasteiger partial charge in [0.15, 0.2) is 0 Å². The van der Waals surface area contributed by atoms with Crippen molar-refractivity contribution in [1.82, 2.24) is 5.32 Å². The Labute approximate surface area is 112 Å². The Morgan fingerprint density at radius 1 is 1.33 bits per heavy atom. The molecule has 1 aliphatic rings. The lowest BCUT2D eigenvalue weighted by molar-refractivity contribution is -0.132. The largest absolute Gasteiger partial charge is 0.356 e. The number of hydrogen-bond acceptors (Lipinski definition) is 2. The second-order valence-electron chi connectivity index (χ2n) is 7.23. The van der Waals surface area contributed by atoms with Gasteiger partial charge in [0, 0.05) is 13.1 Å². The van der Waals surface area contributed by atoms with Crippen LogP contribution in [0, 0.1) is 16.7 Å². The van der Waals surface area contributed by atoms with Crippen LogP contribution in [0.15, 0.2) is 0 Å². The van der Waals surface area contributed by atoms with Gasteiger partial charge < -0.3 is 11.1 Å². The molecule has 3 N–H and O–H groups in total. The highest BCUT2D eigenvalue weighted by atomic mass is 16.2. The minimum atomic E-state index is -0.287. The minimum Gasteiger partial charge on any atom is -0.356 e. The zero-order chi connectivity index (χ0) is 13.8. The summed E-state index contributed by atoms with van der Waals surface area (Å²) in [4.78, 5) is 12.4. The van der Waals surface area contributed by atoms with Gasteiger partial charge in [0.2, 0.25) is 5.91 Å². The van der Waals surface area contributed by atoms with Gasteiger partial charge in [0.1, 0.15) is 0 Å². The number of hydrogen-bond donors (Lipinski definition) is 2. The number of amides is 1. The molecule has 1 saturated carbocycles. The van der Waals surface area contributed by atoms with Gasteiger partial charge in [-0.15, -0.1) is 0 Å². The molecule has 106 valence electrons. The van der Waals surface area contributed by atoms with Gasteiger partial charge in [-0.1, -0.05) is 27.7 Å². The lowest BCUT2D eigenvalue weighted by atomic mass is 9.70. The van der Waals surface area contributed by atoms with Crippen molar-refractivity contribution in [3.63, 3.8) is 0 Å². The summed E-state index contributed by atoms with van der Waals surface area (Å²) in [5, 5.41) is 3.10. The molecule has 18 heavy (non-hydrogen) atoms. The van der Waals surface area contributed by atoms with Crippen molar-refractivity contribution in [1.29, 1.82) is 0 Å². The van der Waals surface area contributed by atoms with E-state index in [2.05, 4.69) is 33.0 Å². The highest BCUT2D eigenvalue weighted by Crippen LogP contribution is 2.38. The summed E-state index contributed by atoms with van der Waals surface area (Å²) in [5.41, 5.74) is 5.86. The molecule has 0 aliphatic heterocycles. The van der Waals surface area contributed by atoms with Crippen LogP contribution in [0.25, 0.3) is 0 Å². The Hall–Kier alpha value is -0.570. The zero-order valence-electron chi connectivity index (χ0n) is 12.5.